The Hall–Kier alpha value is -3.80. The lowest BCUT2D eigenvalue weighted by molar-refractivity contribution is 0.0952. The third kappa shape index (κ3) is 8.67. The van der Waals surface area contributed by atoms with Gasteiger partial charge in [0.25, 0.3) is 11.8 Å². The number of nitrogens with one attached hydrogen (secondary N) is 2. The van der Waals surface area contributed by atoms with Crippen LogP contribution in [0.1, 0.15) is 58.9 Å². The zero-order valence-corrected chi connectivity index (χ0v) is 22.5. The molecule has 0 fully saturated rings. The van der Waals surface area contributed by atoms with Crippen molar-refractivity contribution in [3.63, 3.8) is 0 Å². The summed E-state index contributed by atoms with van der Waals surface area (Å²) in [6.07, 6.45) is 1.65. The molecule has 2 N–H and O–H groups in total. The second kappa shape index (κ2) is 14.1. The first kappa shape index (κ1) is 27.8. The zero-order valence-electron chi connectivity index (χ0n) is 22.5. The summed E-state index contributed by atoms with van der Waals surface area (Å²) in [6, 6.07) is 25.9. The van der Waals surface area contributed by atoms with Crippen LogP contribution in [0.25, 0.3) is 0 Å². The number of rotatable bonds is 13. The Kier molecular flexibility index (Phi) is 10.6. The van der Waals surface area contributed by atoms with E-state index in [0.29, 0.717) is 24.2 Å². The molecule has 3 aromatic carbocycles. The molecule has 0 heterocycles. The maximum Gasteiger partial charge on any atom is 0.251 e. The molecule has 0 bridgehead atoms. The molecule has 6 nitrogen and oxygen atoms in total. The van der Waals surface area contributed by atoms with Gasteiger partial charge in [-0.2, -0.15) is 0 Å². The summed E-state index contributed by atoms with van der Waals surface area (Å²) in [5.41, 5.74) is 4.33. The second-order valence-corrected chi connectivity index (χ2v) is 9.73. The Balaban J connectivity index is 1.51. The highest BCUT2D eigenvalue weighted by Crippen LogP contribution is 2.19. The van der Waals surface area contributed by atoms with Gasteiger partial charge >= 0.3 is 0 Å². The molecule has 0 aromatic heterocycles. The van der Waals surface area contributed by atoms with E-state index in [4.69, 9.17) is 0 Å². The molecule has 196 valence electrons. The fraction of sp³-hybridized carbons (Fsp3) is 0.355. The molecule has 3 aromatic rings. The van der Waals surface area contributed by atoms with Crippen molar-refractivity contribution in [3.05, 3.63) is 95.6 Å². The lowest BCUT2D eigenvalue weighted by Gasteiger charge is -2.19. The minimum absolute atomic E-state index is 0.150. The summed E-state index contributed by atoms with van der Waals surface area (Å²) in [5, 5.41) is 6.03. The van der Waals surface area contributed by atoms with Gasteiger partial charge in [0.05, 0.1) is 0 Å². The molecule has 0 spiro atoms. The van der Waals surface area contributed by atoms with Crippen molar-refractivity contribution in [1.82, 2.24) is 10.6 Å². The van der Waals surface area contributed by atoms with Crippen molar-refractivity contribution < 1.29 is 9.59 Å². The number of hydrogen-bond donors (Lipinski definition) is 2. The van der Waals surface area contributed by atoms with Crippen LogP contribution in [0, 0.1) is 0 Å². The Labute approximate surface area is 221 Å². The molecule has 0 atom stereocenters. The average molecular weight is 501 g/mol. The minimum atomic E-state index is -0.150. The Morgan fingerprint density at radius 3 is 1.46 bits per heavy atom. The fourth-order valence-corrected chi connectivity index (χ4v) is 4.11. The molecule has 0 saturated carbocycles. The zero-order chi connectivity index (χ0) is 26.6. The van der Waals surface area contributed by atoms with Crippen molar-refractivity contribution in [3.8, 4) is 0 Å². The Bertz CT molecular complexity index is 1050. The SMILES string of the molecule is CC(C)c1cc(C(=O)NCCCN(C)c2ccccc2)cc(C(=O)NCCCN(C)c2ccccc2)c1. The summed E-state index contributed by atoms with van der Waals surface area (Å²) >= 11 is 0. The number of nitrogens with zero attached hydrogens (tertiary/aromatic N) is 2. The molecule has 3 rings (SSSR count). The van der Waals surface area contributed by atoms with Crippen LogP contribution >= 0.6 is 0 Å². The van der Waals surface area contributed by atoms with Gasteiger partial charge in [-0.25, -0.2) is 0 Å². The van der Waals surface area contributed by atoms with Gasteiger partial charge in [0, 0.05) is 62.8 Å². The molecule has 0 aliphatic carbocycles. The first-order chi connectivity index (χ1) is 17.8. The van der Waals surface area contributed by atoms with E-state index in [1.165, 1.54) is 0 Å². The first-order valence-corrected chi connectivity index (χ1v) is 13.1. The van der Waals surface area contributed by atoms with Crippen molar-refractivity contribution >= 4 is 23.2 Å². The third-order valence-corrected chi connectivity index (χ3v) is 6.45. The Morgan fingerprint density at radius 1 is 0.676 bits per heavy atom. The van der Waals surface area contributed by atoms with Crippen LogP contribution in [0.3, 0.4) is 0 Å². The molecule has 6 heteroatoms. The molecule has 2 amide bonds. The van der Waals surface area contributed by atoms with Crippen LogP contribution in [0.15, 0.2) is 78.9 Å². The Morgan fingerprint density at radius 2 is 1.08 bits per heavy atom. The summed E-state index contributed by atoms with van der Waals surface area (Å²) in [6.45, 7) is 6.94. The number of anilines is 2. The average Bonchev–Trinajstić information content (AvgIpc) is 2.93. The highest BCUT2D eigenvalue weighted by molar-refractivity contribution is 6.00. The predicted octanol–water partition coefficient (Wildman–Crippen LogP) is 5.32. The highest BCUT2D eigenvalue weighted by Gasteiger charge is 2.14. The van der Waals surface area contributed by atoms with Crippen LogP contribution in [-0.4, -0.2) is 52.1 Å². The standard InChI is InChI=1S/C31H40N4O2/c1-24(2)25-21-26(30(36)32-17-11-19-34(3)28-13-7-5-8-14-28)23-27(22-25)31(37)33-18-12-20-35(4)29-15-9-6-10-16-29/h5-10,13-16,21-24H,11-12,17-20H2,1-4H3,(H,32,36)(H,33,37). The van der Waals surface area contributed by atoms with E-state index >= 15 is 0 Å². The van der Waals surface area contributed by atoms with Gasteiger partial charge in [0.1, 0.15) is 0 Å². The largest absolute Gasteiger partial charge is 0.375 e. The van der Waals surface area contributed by atoms with Gasteiger partial charge in [-0.15, -0.1) is 0 Å². The van der Waals surface area contributed by atoms with Gasteiger partial charge in [-0.3, -0.25) is 9.59 Å². The van der Waals surface area contributed by atoms with E-state index in [1.807, 2.05) is 62.6 Å². The molecule has 0 aliphatic heterocycles. The van der Waals surface area contributed by atoms with Gasteiger partial charge in [0.2, 0.25) is 0 Å². The van der Waals surface area contributed by atoms with Crippen LogP contribution in [0.4, 0.5) is 11.4 Å². The summed E-state index contributed by atoms with van der Waals surface area (Å²) in [5.74, 6) is -0.0925. The van der Waals surface area contributed by atoms with Gasteiger partial charge < -0.3 is 20.4 Å². The lowest BCUT2D eigenvalue weighted by atomic mass is 9.97. The molecular formula is C31H40N4O2. The topological polar surface area (TPSA) is 64.7 Å². The quantitative estimate of drug-likeness (QED) is 0.312. The van der Waals surface area contributed by atoms with Gasteiger partial charge in [0.15, 0.2) is 0 Å². The second-order valence-electron chi connectivity index (χ2n) is 9.73. The molecule has 37 heavy (non-hydrogen) atoms. The van der Waals surface area contributed by atoms with Crippen LogP contribution in [0.2, 0.25) is 0 Å². The van der Waals surface area contributed by atoms with Gasteiger partial charge in [-0.1, -0.05) is 50.2 Å². The number of carbonyl (C=O) groups excluding carboxylic acids is 2. The maximum atomic E-state index is 12.9. The molecular weight excluding hydrogens is 460 g/mol. The number of para-hydroxylation sites is 2. The van der Waals surface area contributed by atoms with E-state index in [-0.39, 0.29) is 17.7 Å². The van der Waals surface area contributed by atoms with E-state index in [9.17, 15) is 9.59 Å². The van der Waals surface area contributed by atoms with Crippen molar-refractivity contribution in [2.45, 2.75) is 32.6 Å². The monoisotopic (exact) mass is 500 g/mol. The fourth-order valence-electron chi connectivity index (χ4n) is 4.11. The summed E-state index contributed by atoms with van der Waals surface area (Å²) in [4.78, 5) is 30.2. The normalized spacial score (nSPS) is 10.7. The molecule has 0 aliphatic rings. The smallest absolute Gasteiger partial charge is 0.251 e. The van der Waals surface area contributed by atoms with E-state index in [0.717, 1.165) is 42.9 Å². The number of amides is 2. The first-order valence-electron chi connectivity index (χ1n) is 13.1. The van der Waals surface area contributed by atoms with Crippen LogP contribution < -0.4 is 20.4 Å². The lowest BCUT2D eigenvalue weighted by Crippen LogP contribution is -2.30. The van der Waals surface area contributed by atoms with E-state index in [1.54, 1.807) is 6.07 Å². The number of benzene rings is 3. The predicted molar refractivity (Wildman–Crippen MR) is 154 cm³/mol. The summed E-state index contributed by atoms with van der Waals surface area (Å²) in [7, 11) is 4.10. The number of carbonyl (C=O) groups is 2. The molecule has 0 radical (unpaired) electrons. The van der Waals surface area contributed by atoms with Crippen LogP contribution in [-0.2, 0) is 0 Å². The highest BCUT2D eigenvalue weighted by atomic mass is 16.2. The van der Waals surface area contributed by atoms with E-state index < -0.39 is 0 Å². The van der Waals surface area contributed by atoms with Crippen LogP contribution in [0.5, 0.6) is 0 Å². The minimum Gasteiger partial charge on any atom is -0.375 e. The third-order valence-electron chi connectivity index (χ3n) is 6.45. The molecule has 0 unspecified atom stereocenters. The van der Waals surface area contributed by atoms with E-state index in [2.05, 4.69) is 58.5 Å². The molecule has 0 saturated heterocycles. The number of hydrogen-bond acceptors (Lipinski definition) is 4. The van der Waals surface area contributed by atoms with Crippen molar-refractivity contribution in [2.75, 3.05) is 50.1 Å². The maximum absolute atomic E-state index is 12.9. The van der Waals surface area contributed by atoms with Gasteiger partial charge in [-0.05, 0) is 66.8 Å². The van der Waals surface area contributed by atoms with Crippen molar-refractivity contribution in [2.24, 2.45) is 0 Å². The summed E-state index contributed by atoms with van der Waals surface area (Å²) < 4.78 is 0. The van der Waals surface area contributed by atoms with Crippen molar-refractivity contribution in [1.29, 1.82) is 0 Å².